The second-order valence-corrected chi connectivity index (χ2v) is 9.43. The van der Waals surface area contributed by atoms with Crippen LogP contribution >= 0.6 is 7.60 Å². The van der Waals surface area contributed by atoms with Crippen molar-refractivity contribution >= 4 is 25.2 Å². The third kappa shape index (κ3) is 9.39. The number of carbonyl (C=O) groups excluding carboxylic acids is 2. The predicted molar refractivity (Wildman–Crippen MR) is 110 cm³/mol. The van der Waals surface area contributed by atoms with Crippen LogP contribution in [0.5, 0.6) is 0 Å². The van der Waals surface area contributed by atoms with Gasteiger partial charge in [-0.15, -0.1) is 0 Å². The smallest absolute Gasteiger partial charge is 0.343 e. The lowest BCUT2D eigenvalue weighted by Crippen LogP contribution is -2.48. The van der Waals surface area contributed by atoms with Crippen LogP contribution in [-0.4, -0.2) is 35.8 Å². The van der Waals surface area contributed by atoms with Crippen LogP contribution in [0.4, 0.5) is 14.9 Å². The van der Waals surface area contributed by atoms with Crippen molar-refractivity contribution in [2.24, 2.45) is 5.92 Å². The van der Waals surface area contributed by atoms with E-state index in [0.29, 0.717) is 17.7 Å². The Morgan fingerprint density at radius 2 is 1.83 bits per heavy atom. The minimum atomic E-state index is -3.92. The van der Waals surface area contributed by atoms with Crippen LogP contribution in [0.15, 0.2) is 24.3 Å². The molecular weight excluding hydrogens is 400 g/mol. The maximum absolute atomic E-state index is 13.9. The van der Waals surface area contributed by atoms with Gasteiger partial charge in [-0.25, -0.2) is 9.18 Å². The zero-order chi connectivity index (χ0) is 22.2. The first-order valence-corrected chi connectivity index (χ1v) is 11.2. The van der Waals surface area contributed by atoms with Gasteiger partial charge >= 0.3 is 13.6 Å². The van der Waals surface area contributed by atoms with E-state index in [-0.39, 0.29) is 12.5 Å². The largest absolute Gasteiger partial charge is 0.347 e. The molecule has 10 heteroatoms. The van der Waals surface area contributed by atoms with Gasteiger partial charge in [0, 0.05) is 5.69 Å². The van der Waals surface area contributed by atoms with Crippen LogP contribution in [-0.2, 0) is 19.6 Å². The molecule has 1 rings (SSSR count). The van der Waals surface area contributed by atoms with Gasteiger partial charge in [-0.3, -0.25) is 9.36 Å². The maximum Gasteiger partial charge on any atom is 0.347 e. The standard InChI is InChI=1S/C19H31FN3O5P/c1-6-28-29(26,27)12-21-17(24)16(11-13(2)3)23-18(25)22-15-9-7-14(8-10-15)19(4,5)20/h7-10,13,16H,6,11-12H2,1-5H3,(H,21,24)(H,26,27)(H2,22,23,25). The van der Waals surface area contributed by atoms with Crippen molar-refractivity contribution in [2.75, 3.05) is 18.2 Å². The molecular formula is C19H31FN3O5P. The molecule has 0 heterocycles. The minimum absolute atomic E-state index is 0.0398. The number of carbonyl (C=O) groups is 2. The number of hydrogen-bond acceptors (Lipinski definition) is 4. The Hall–Kier alpha value is -1.96. The Morgan fingerprint density at radius 3 is 2.31 bits per heavy atom. The summed E-state index contributed by atoms with van der Waals surface area (Å²) in [6.07, 6.45) is -0.212. The van der Waals surface area contributed by atoms with Crippen molar-refractivity contribution in [2.45, 2.75) is 52.8 Å². The number of nitrogens with one attached hydrogen (secondary N) is 3. The second kappa shape index (κ2) is 10.7. The van der Waals surface area contributed by atoms with E-state index < -0.39 is 37.5 Å². The van der Waals surface area contributed by atoms with Gasteiger partial charge < -0.3 is 25.4 Å². The van der Waals surface area contributed by atoms with Crippen LogP contribution in [0, 0.1) is 5.92 Å². The van der Waals surface area contributed by atoms with E-state index in [2.05, 4.69) is 16.0 Å². The van der Waals surface area contributed by atoms with Crippen molar-refractivity contribution in [3.63, 3.8) is 0 Å². The lowest BCUT2D eigenvalue weighted by Gasteiger charge is -2.21. The molecule has 29 heavy (non-hydrogen) atoms. The van der Waals surface area contributed by atoms with Crippen LogP contribution in [0.25, 0.3) is 0 Å². The van der Waals surface area contributed by atoms with Gasteiger partial charge in [0.2, 0.25) is 5.91 Å². The number of benzene rings is 1. The Kier molecular flexibility index (Phi) is 9.26. The number of anilines is 1. The molecule has 3 amide bonds. The average molecular weight is 431 g/mol. The van der Waals surface area contributed by atoms with Gasteiger partial charge in [-0.1, -0.05) is 26.0 Å². The summed E-state index contributed by atoms with van der Waals surface area (Å²) >= 11 is 0. The highest BCUT2D eigenvalue weighted by Crippen LogP contribution is 2.39. The molecule has 0 saturated carbocycles. The van der Waals surface area contributed by atoms with Crippen molar-refractivity contribution in [3.8, 4) is 0 Å². The Morgan fingerprint density at radius 1 is 1.24 bits per heavy atom. The molecule has 2 atom stereocenters. The highest BCUT2D eigenvalue weighted by molar-refractivity contribution is 7.52. The zero-order valence-corrected chi connectivity index (χ0v) is 18.4. The molecule has 8 nitrogen and oxygen atoms in total. The van der Waals surface area contributed by atoms with Gasteiger partial charge in [-0.2, -0.15) is 0 Å². The van der Waals surface area contributed by atoms with E-state index in [1.165, 1.54) is 13.8 Å². The number of halogens is 1. The van der Waals surface area contributed by atoms with E-state index in [1.807, 2.05) is 13.8 Å². The number of hydrogen-bond donors (Lipinski definition) is 4. The summed E-state index contributed by atoms with van der Waals surface area (Å²) in [6.45, 7) is 8.25. The van der Waals surface area contributed by atoms with Crippen LogP contribution in [0.1, 0.15) is 46.6 Å². The minimum Gasteiger partial charge on any atom is -0.343 e. The third-order valence-corrected chi connectivity index (χ3v) is 5.16. The molecule has 2 unspecified atom stereocenters. The predicted octanol–water partition coefficient (Wildman–Crippen LogP) is 3.72. The summed E-state index contributed by atoms with van der Waals surface area (Å²) in [4.78, 5) is 34.3. The first-order chi connectivity index (χ1) is 13.3. The summed E-state index contributed by atoms with van der Waals surface area (Å²) in [5.41, 5.74) is -0.576. The van der Waals surface area contributed by atoms with E-state index in [0.717, 1.165) is 0 Å². The molecule has 0 aromatic heterocycles. The van der Waals surface area contributed by atoms with E-state index in [9.17, 15) is 23.4 Å². The SMILES string of the molecule is CCOP(=O)(O)CNC(=O)C(CC(C)C)NC(=O)Nc1ccc(C(C)(C)F)cc1. The molecule has 164 valence electrons. The highest BCUT2D eigenvalue weighted by atomic mass is 31.2. The second-order valence-electron chi connectivity index (χ2n) is 7.58. The van der Waals surface area contributed by atoms with Gasteiger partial charge in [0.1, 0.15) is 18.0 Å². The fourth-order valence-electron chi connectivity index (χ4n) is 2.53. The topological polar surface area (TPSA) is 117 Å². The number of rotatable bonds is 10. The van der Waals surface area contributed by atoms with Crippen LogP contribution in [0.3, 0.4) is 0 Å². The van der Waals surface area contributed by atoms with E-state index in [1.54, 1.807) is 31.2 Å². The quantitative estimate of drug-likeness (QED) is 0.421. The summed E-state index contributed by atoms with van der Waals surface area (Å²) in [7, 11) is -3.92. The first-order valence-electron chi connectivity index (χ1n) is 9.45. The lowest BCUT2D eigenvalue weighted by molar-refractivity contribution is -0.123. The molecule has 4 N–H and O–H groups in total. The monoisotopic (exact) mass is 431 g/mol. The highest BCUT2D eigenvalue weighted by Gasteiger charge is 2.26. The Balaban J connectivity index is 2.73. The Bertz CT molecular complexity index is 734. The number of amides is 3. The normalized spacial score (nSPS) is 14.8. The van der Waals surface area contributed by atoms with Gasteiger partial charge in [0.05, 0.1) is 6.61 Å². The summed E-state index contributed by atoms with van der Waals surface area (Å²) in [6, 6.07) is 4.76. The third-order valence-electron chi connectivity index (χ3n) is 3.94. The maximum atomic E-state index is 13.9. The number of alkyl halides is 1. The zero-order valence-electron chi connectivity index (χ0n) is 17.5. The summed E-state index contributed by atoms with van der Waals surface area (Å²) in [5.74, 6) is -0.498. The van der Waals surface area contributed by atoms with Gasteiger partial charge in [0.25, 0.3) is 0 Å². The molecule has 0 fully saturated rings. The first kappa shape index (κ1) is 25.1. The van der Waals surface area contributed by atoms with Crippen LogP contribution < -0.4 is 16.0 Å². The summed E-state index contributed by atoms with van der Waals surface area (Å²) in [5, 5.41) is 7.50. The molecule has 0 aliphatic carbocycles. The lowest BCUT2D eigenvalue weighted by atomic mass is 10.0. The molecule has 0 aliphatic rings. The molecule has 0 bridgehead atoms. The van der Waals surface area contributed by atoms with E-state index in [4.69, 9.17) is 4.52 Å². The molecule has 1 aromatic carbocycles. The van der Waals surface area contributed by atoms with Gasteiger partial charge in [-0.05, 0) is 50.8 Å². The molecule has 1 aromatic rings. The molecule has 0 radical (unpaired) electrons. The van der Waals surface area contributed by atoms with E-state index >= 15 is 0 Å². The molecule has 0 aliphatic heterocycles. The molecule has 0 saturated heterocycles. The summed E-state index contributed by atoms with van der Waals surface area (Å²) < 4.78 is 30.3. The number of urea groups is 1. The van der Waals surface area contributed by atoms with Gasteiger partial charge in [0.15, 0.2) is 0 Å². The van der Waals surface area contributed by atoms with Crippen molar-refractivity contribution < 1.29 is 28.0 Å². The van der Waals surface area contributed by atoms with Crippen molar-refractivity contribution in [1.29, 1.82) is 0 Å². The Labute approximate surface area is 171 Å². The fourth-order valence-corrected chi connectivity index (χ4v) is 3.38. The fraction of sp³-hybridized carbons (Fsp3) is 0.579. The van der Waals surface area contributed by atoms with Crippen molar-refractivity contribution in [1.82, 2.24) is 10.6 Å². The average Bonchev–Trinajstić information content (AvgIpc) is 2.58. The molecule has 0 spiro atoms. The van der Waals surface area contributed by atoms with Crippen molar-refractivity contribution in [3.05, 3.63) is 29.8 Å². The van der Waals surface area contributed by atoms with Crippen LogP contribution in [0.2, 0.25) is 0 Å².